The molecule has 1 nitrogen and oxygen atoms in total. The van der Waals surface area contributed by atoms with Gasteiger partial charge in [-0.3, -0.25) is 0 Å². The second-order valence-electron chi connectivity index (χ2n) is 3.90. The fourth-order valence-corrected chi connectivity index (χ4v) is 4.71. The molecule has 0 amide bonds. The van der Waals surface area contributed by atoms with Crippen molar-refractivity contribution in [2.45, 2.75) is 25.6 Å². The van der Waals surface area contributed by atoms with Gasteiger partial charge in [0.15, 0.2) is 0 Å². The summed E-state index contributed by atoms with van der Waals surface area (Å²) in [5.74, 6) is 1.86. The summed E-state index contributed by atoms with van der Waals surface area (Å²) in [7, 11) is 0. The van der Waals surface area contributed by atoms with E-state index < -0.39 is 0 Å². The molecule has 2 heterocycles. The topological polar surface area (TPSA) is 13.1 Å². The van der Waals surface area contributed by atoms with Crippen molar-refractivity contribution in [1.29, 1.82) is 0 Å². The Morgan fingerprint density at radius 3 is 2.29 bits per heavy atom. The maximum absolute atomic E-state index is 6.17. The van der Waals surface area contributed by atoms with E-state index in [9.17, 15) is 0 Å². The van der Waals surface area contributed by atoms with Crippen molar-refractivity contribution in [3.05, 3.63) is 42.9 Å². The van der Waals surface area contributed by atoms with E-state index in [1.807, 2.05) is 19.9 Å². The van der Waals surface area contributed by atoms with Gasteiger partial charge in [0.1, 0.15) is 11.5 Å². The summed E-state index contributed by atoms with van der Waals surface area (Å²) < 4.78 is 7.05. The standard InChI is InChI=1S/C12H11BrCl2OS/c1-5-6(2)16-7(3)10(5)11(13)8-4-9(14)17-12(8)15/h4,11H,1-3H3. The normalized spacial score (nSPS) is 13.1. The van der Waals surface area contributed by atoms with Crippen molar-refractivity contribution < 1.29 is 4.42 Å². The van der Waals surface area contributed by atoms with Crippen molar-refractivity contribution in [2.24, 2.45) is 0 Å². The third-order valence-electron chi connectivity index (χ3n) is 2.83. The molecule has 0 saturated carbocycles. The fraction of sp³-hybridized carbons (Fsp3) is 0.333. The highest BCUT2D eigenvalue weighted by molar-refractivity contribution is 9.09. The van der Waals surface area contributed by atoms with Crippen molar-refractivity contribution in [3.8, 4) is 0 Å². The van der Waals surface area contributed by atoms with Gasteiger partial charge in [-0.15, -0.1) is 11.3 Å². The summed E-state index contributed by atoms with van der Waals surface area (Å²) in [6, 6.07) is 1.90. The number of hydrogen-bond donors (Lipinski definition) is 0. The van der Waals surface area contributed by atoms with E-state index in [-0.39, 0.29) is 4.83 Å². The summed E-state index contributed by atoms with van der Waals surface area (Å²) >= 11 is 17.2. The Hall–Kier alpha value is 0.0400. The molecule has 92 valence electrons. The molecular weight excluding hydrogens is 343 g/mol. The van der Waals surface area contributed by atoms with Gasteiger partial charge in [-0.1, -0.05) is 39.1 Å². The number of hydrogen-bond acceptors (Lipinski definition) is 2. The van der Waals surface area contributed by atoms with Crippen LogP contribution in [0.1, 0.15) is 33.0 Å². The largest absolute Gasteiger partial charge is 0.466 e. The van der Waals surface area contributed by atoms with E-state index in [4.69, 9.17) is 27.6 Å². The molecule has 0 radical (unpaired) electrons. The van der Waals surface area contributed by atoms with Gasteiger partial charge in [0.25, 0.3) is 0 Å². The summed E-state index contributed by atoms with van der Waals surface area (Å²) in [5.41, 5.74) is 3.29. The quantitative estimate of drug-likeness (QED) is 0.598. The third kappa shape index (κ3) is 2.43. The minimum Gasteiger partial charge on any atom is -0.466 e. The Morgan fingerprint density at radius 1 is 1.24 bits per heavy atom. The second kappa shape index (κ2) is 4.96. The molecule has 0 bridgehead atoms. The van der Waals surface area contributed by atoms with Crippen LogP contribution < -0.4 is 0 Å². The number of alkyl halides is 1. The fourth-order valence-electron chi connectivity index (χ4n) is 1.86. The van der Waals surface area contributed by atoms with Gasteiger partial charge < -0.3 is 4.42 Å². The Morgan fingerprint density at radius 2 is 1.88 bits per heavy atom. The van der Waals surface area contributed by atoms with Crippen molar-refractivity contribution in [1.82, 2.24) is 0 Å². The van der Waals surface area contributed by atoms with Crippen LogP contribution in [0.3, 0.4) is 0 Å². The molecule has 1 atom stereocenters. The maximum Gasteiger partial charge on any atom is 0.106 e. The van der Waals surface area contributed by atoms with Gasteiger partial charge in [0, 0.05) is 11.1 Å². The van der Waals surface area contributed by atoms with Gasteiger partial charge in [-0.05, 0) is 32.4 Å². The molecule has 1 unspecified atom stereocenters. The van der Waals surface area contributed by atoms with Crippen LogP contribution in [-0.2, 0) is 0 Å². The van der Waals surface area contributed by atoms with Crippen molar-refractivity contribution in [3.63, 3.8) is 0 Å². The van der Waals surface area contributed by atoms with E-state index in [0.717, 1.165) is 32.5 Å². The SMILES string of the molecule is Cc1oc(C)c(C(Br)c2cc(Cl)sc2Cl)c1C. The molecule has 2 rings (SSSR count). The Balaban J connectivity index is 2.50. The molecule has 5 heteroatoms. The smallest absolute Gasteiger partial charge is 0.106 e. The molecule has 0 saturated heterocycles. The molecule has 0 spiro atoms. The zero-order valence-corrected chi connectivity index (χ0v) is 13.5. The summed E-state index contributed by atoms with van der Waals surface area (Å²) in [5, 5.41) is 0. The lowest BCUT2D eigenvalue weighted by molar-refractivity contribution is 0.500. The van der Waals surface area contributed by atoms with E-state index in [1.165, 1.54) is 11.3 Å². The zero-order valence-electron chi connectivity index (χ0n) is 9.61. The van der Waals surface area contributed by atoms with Gasteiger partial charge >= 0.3 is 0 Å². The lowest BCUT2D eigenvalue weighted by Crippen LogP contribution is -1.94. The Bertz CT molecular complexity index is 559. The first-order valence-corrected chi connectivity index (χ1v) is 7.56. The average molecular weight is 354 g/mol. The van der Waals surface area contributed by atoms with Crippen LogP contribution in [0.4, 0.5) is 0 Å². The molecule has 0 N–H and O–H groups in total. The minimum absolute atomic E-state index is 0.0243. The number of aryl methyl sites for hydroxylation is 2. The summed E-state index contributed by atoms with van der Waals surface area (Å²) in [4.78, 5) is 0.0243. The predicted octanol–water partition coefficient (Wildman–Crippen LogP) is 6.06. The predicted molar refractivity (Wildman–Crippen MR) is 78.0 cm³/mol. The molecule has 17 heavy (non-hydrogen) atoms. The highest BCUT2D eigenvalue weighted by Gasteiger charge is 2.23. The molecule has 2 aromatic heterocycles. The van der Waals surface area contributed by atoms with E-state index >= 15 is 0 Å². The third-order valence-corrected chi connectivity index (χ3v) is 5.30. The maximum atomic E-state index is 6.17. The first kappa shape index (κ1) is 13.5. The van der Waals surface area contributed by atoms with Gasteiger partial charge in [0.2, 0.25) is 0 Å². The Kier molecular flexibility index (Phi) is 3.93. The highest BCUT2D eigenvalue weighted by atomic mass is 79.9. The number of furan rings is 1. The minimum atomic E-state index is 0.0243. The highest BCUT2D eigenvalue weighted by Crippen LogP contribution is 2.44. The van der Waals surface area contributed by atoms with Crippen LogP contribution in [-0.4, -0.2) is 0 Å². The second-order valence-corrected chi connectivity index (χ2v) is 7.10. The first-order valence-electron chi connectivity index (χ1n) is 5.07. The monoisotopic (exact) mass is 352 g/mol. The first-order chi connectivity index (χ1) is 7.91. The lowest BCUT2D eigenvalue weighted by atomic mass is 10.0. The van der Waals surface area contributed by atoms with E-state index in [2.05, 4.69) is 22.9 Å². The van der Waals surface area contributed by atoms with E-state index in [1.54, 1.807) is 0 Å². The molecule has 0 aliphatic heterocycles. The average Bonchev–Trinajstić information content (AvgIpc) is 2.68. The van der Waals surface area contributed by atoms with Gasteiger partial charge in [0.05, 0.1) is 13.5 Å². The van der Waals surface area contributed by atoms with Crippen LogP contribution >= 0.6 is 50.5 Å². The molecule has 0 aliphatic rings. The van der Waals surface area contributed by atoms with Gasteiger partial charge in [-0.25, -0.2) is 0 Å². The Labute approximate surface area is 123 Å². The van der Waals surface area contributed by atoms with Crippen LogP contribution in [0.25, 0.3) is 0 Å². The lowest BCUT2D eigenvalue weighted by Gasteiger charge is -2.09. The molecule has 0 fully saturated rings. The molecular formula is C12H11BrCl2OS. The molecule has 0 aromatic carbocycles. The molecule has 0 aliphatic carbocycles. The number of thiophene rings is 1. The van der Waals surface area contributed by atoms with Gasteiger partial charge in [-0.2, -0.15) is 0 Å². The summed E-state index contributed by atoms with van der Waals surface area (Å²) in [6.45, 7) is 5.98. The number of rotatable bonds is 2. The van der Waals surface area contributed by atoms with Crippen LogP contribution in [0.2, 0.25) is 8.67 Å². The zero-order chi connectivity index (χ0) is 12.7. The van der Waals surface area contributed by atoms with Crippen LogP contribution in [0.15, 0.2) is 10.5 Å². The van der Waals surface area contributed by atoms with Crippen molar-refractivity contribution >= 4 is 50.5 Å². The van der Waals surface area contributed by atoms with E-state index in [0.29, 0.717) is 4.34 Å². The van der Waals surface area contributed by atoms with Crippen LogP contribution in [0, 0.1) is 20.8 Å². The summed E-state index contributed by atoms with van der Waals surface area (Å²) in [6.07, 6.45) is 0. The number of halogens is 3. The van der Waals surface area contributed by atoms with Crippen LogP contribution in [0.5, 0.6) is 0 Å². The molecule has 2 aromatic rings. The van der Waals surface area contributed by atoms with Crippen molar-refractivity contribution in [2.75, 3.05) is 0 Å².